The average molecular weight is 393 g/mol. The molecule has 2 fully saturated rings. The van der Waals surface area contributed by atoms with Crippen LogP contribution < -0.4 is 10.2 Å². The van der Waals surface area contributed by atoms with Crippen LogP contribution in [0.5, 0.6) is 11.5 Å². The Morgan fingerprint density at radius 1 is 1.04 bits per heavy atom. The van der Waals surface area contributed by atoms with Crippen molar-refractivity contribution in [1.29, 1.82) is 0 Å². The molecule has 142 valence electrons. The normalized spacial score (nSPS) is 17.0. The summed E-state index contributed by atoms with van der Waals surface area (Å²) in [6.45, 7) is 3.72. The first kappa shape index (κ1) is 17.9. The number of benzene rings is 2. The van der Waals surface area contributed by atoms with Gasteiger partial charge in [-0.05, 0) is 41.4 Å². The van der Waals surface area contributed by atoms with Crippen LogP contribution in [0.3, 0.4) is 0 Å². The van der Waals surface area contributed by atoms with E-state index in [9.17, 15) is 4.57 Å². The lowest BCUT2D eigenvalue weighted by atomic mass is 9.94. The molecule has 3 aromatic rings. The van der Waals surface area contributed by atoms with Gasteiger partial charge in [0.2, 0.25) is 0 Å². The minimum Gasteiger partial charge on any atom is -0.458 e. The van der Waals surface area contributed by atoms with Crippen LogP contribution in [-0.4, -0.2) is 48.4 Å². The van der Waals surface area contributed by atoms with Crippen LogP contribution in [0.15, 0.2) is 54.7 Å². The van der Waals surface area contributed by atoms with E-state index in [-0.39, 0.29) is 0 Å². The third-order valence-electron chi connectivity index (χ3n) is 5.02. The highest BCUT2D eigenvalue weighted by atomic mass is 31.2. The van der Waals surface area contributed by atoms with Gasteiger partial charge in [-0.1, -0.05) is 18.2 Å². The lowest BCUT2D eigenvalue weighted by Gasteiger charge is -2.20. The zero-order valence-electron chi connectivity index (χ0n) is 15.7. The molecule has 0 saturated carbocycles. The standard InChI is InChI=1S/C20H21BN3O3P/c21-18-5-3-15(14-26-28(25,23-8-9-23)24-10-11-24)12-20(18)27-17-4-6-19-16(13-17)2-1-7-22-19/h1-7,12-13H,8-11,14,21H2. The highest BCUT2D eigenvalue weighted by Gasteiger charge is 2.49. The van der Waals surface area contributed by atoms with Crippen LogP contribution in [0.4, 0.5) is 0 Å². The molecule has 0 radical (unpaired) electrons. The molecule has 2 saturated heterocycles. The van der Waals surface area contributed by atoms with Gasteiger partial charge in [0, 0.05) is 37.8 Å². The second kappa shape index (κ2) is 7.01. The summed E-state index contributed by atoms with van der Waals surface area (Å²) in [6, 6.07) is 15.8. The fourth-order valence-electron chi connectivity index (χ4n) is 3.18. The Hall–Kier alpha value is -2.18. The van der Waals surface area contributed by atoms with Crippen LogP contribution in [0, 0.1) is 0 Å². The summed E-state index contributed by atoms with van der Waals surface area (Å²) < 4.78 is 29.0. The molecule has 0 bridgehead atoms. The fraction of sp³-hybridized carbons (Fsp3) is 0.250. The fourth-order valence-corrected chi connectivity index (χ4v) is 5.38. The van der Waals surface area contributed by atoms with E-state index in [0.717, 1.165) is 59.6 Å². The van der Waals surface area contributed by atoms with Gasteiger partial charge in [0.25, 0.3) is 0 Å². The number of aromatic nitrogens is 1. The largest absolute Gasteiger partial charge is 0.458 e. The number of ether oxygens (including phenoxy) is 1. The van der Waals surface area contributed by atoms with Crippen molar-refractivity contribution in [3.05, 3.63) is 60.3 Å². The SMILES string of the molecule is Bc1ccc(COP(=O)(N2CC2)N2CC2)cc1Oc1ccc2ncccc2c1. The second-order valence-electron chi connectivity index (χ2n) is 7.23. The van der Waals surface area contributed by atoms with E-state index < -0.39 is 7.67 Å². The molecule has 2 aliphatic heterocycles. The van der Waals surface area contributed by atoms with E-state index in [4.69, 9.17) is 9.26 Å². The number of nitrogens with zero attached hydrogens (tertiary/aromatic N) is 3. The molecule has 2 aliphatic rings. The van der Waals surface area contributed by atoms with Crippen molar-refractivity contribution in [3.8, 4) is 11.5 Å². The molecule has 1 aromatic heterocycles. The Morgan fingerprint density at radius 2 is 1.82 bits per heavy atom. The summed E-state index contributed by atoms with van der Waals surface area (Å²) in [7, 11) is -0.795. The molecule has 0 unspecified atom stereocenters. The monoisotopic (exact) mass is 393 g/mol. The van der Waals surface area contributed by atoms with Gasteiger partial charge in [-0.15, -0.1) is 0 Å². The summed E-state index contributed by atoms with van der Waals surface area (Å²) in [5.74, 6) is 1.54. The van der Waals surface area contributed by atoms with E-state index >= 15 is 0 Å². The van der Waals surface area contributed by atoms with Gasteiger partial charge < -0.3 is 9.26 Å². The summed E-state index contributed by atoms with van der Waals surface area (Å²) >= 11 is 0. The Kier molecular flexibility index (Phi) is 4.48. The molecule has 0 amide bonds. The van der Waals surface area contributed by atoms with Crippen molar-refractivity contribution in [3.63, 3.8) is 0 Å². The second-order valence-corrected chi connectivity index (χ2v) is 9.60. The molecule has 0 aliphatic carbocycles. The zero-order chi connectivity index (χ0) is 19.1. The van der Waals surface area contributed by atoms with Crippen molar-refractivity contribution in [2.24, 2.45) is 0 Å². The predicted molar refractivity (Wildman–Crippen MR) is 112 cm³/mol. The van der Waals surface area contributed by atoms with Crippen molar-refractivity contribution in [2.45, 2.75) is 6.61 Å². The lowest BCUT2D eigenvalue weighted by Crippen LogP contribution is -2.10. The Balaban J connectivity index is 1.34. The highest BCUT2D eigenvalue weighted by molar-refractivity contribution is 7.54. The predicted octanol–water partition coefficient (Wildman–Crippen LogP) is 2.54. The van der Waals surface area contributed by atoms with Gasteiger partial charge in [0.15, 0.2) is 0 Å². The molecule has 28 heavy (non-hydrogen) atoms. The first-order chi connectivity index (χ1) is 13.6. The smallest absolute Gasteiger partial charge is 0.346 e. The van der Waals surface area contributed by atoms with Crippen LogP contribution in [0.1, 0.15) is 5.56 Å². The third kappa shape index (κ3) is 3.59. The number of hydrogen-bond acceptors (Lipinski definition) is 4. The maximum atomic E-state index is 13.1. The van der Waals surface area contributed by atoms with E-state index in [1.807, 2.05) is 65.7 Å². The topological polar surface area (TPSA) is 54.4 Å². The van der Waals surface area contributed by atoms with Gasteiger partial charge in [0.05, 0.1) is 12.1 Å². The van der Waals surface area contributed by atoms with Crippen LogP contribution >= 0.6 is 7.67 Å². The van der Waals surface area contributed by atoms with Crippen molar-refractivity contribution in [2.75, 3.05) is 26.2 Å². The summed E-state index contributed by atoms with van der Waals surface area (Å²) in [5, 5.41) is 1.04. The lowest BCUT2D eigenvalue weighted by molar-refractivity contribution is 0.263. The zero-order valence-corrected chi connectivity index (χ0v) is 16.6. The van der Waals surface area contributed by atoms with Crippen LogP contribution in [0.25, 0.3) is 10.9 Å². The summed E-state index contributed by atoms with van der Waals surface area (Å²) in [4.78, 5) is 4.34. The Morgan fingerprint density at radius 3 is 2.57 bits per heavy atom. The van der Waals surface area contributed by atoms with Crippen LogP contribution in [-0.2, 0) is 15.7 Å². The average Bonchev–Trinajstić information content (AvgIpc) is 3.59. The molecule has 6 nitrogen and oxygen atoms in total. The van der Waals surface area contributed by atoms with Gasteiger partial charge >= 0.3 is 7.67 Å². The maximum absolute atomic E-state index is 13.1. The number of fused-ring (bicyclic) bond motifs is 1. The van der Waals surface area contributed by atoms with E-state index in [1.165, 1.54) is 0 Å². The maximum Gasteiger partial charge on any atom is 0.346 e. The van der Waals surface area contributed by atoms with Crippen molar-refractivity contribution in [1.82, 2.24) is 14.3 Å². The summed E-state index contributed by atoms with van der Waals surface area (Å²) in [6.07, 6.45) is 1.78. The van der Waals surface area contributed by atoms with Gasteiger partial charge in [0.1, 0.15) is 19.3 Å². The van der Waals surface area contributed by atoms with Crippen molar-refractivity contribution < 1.29 is 13.8 Å². The Bertz CT molecular complexity index is 1070. The van der Waals surface area contributed by atoms with Gasteiger partial charge in [-0.2, -0.15) is 0 Å². The summed E-state index contributed by atoms with van der Waals surface area (Å²) in [5.41, 5.74) is 2.93. The molecule has 2 aromatic carbocycles. The van der Waals surface area contributed by atoms with Crippen molar-refractivity contribution >= 4 is 31.9 Å². The van der Waals surface area contributed by atoms with Crippen LogP contribution in [0.2, 0.25) is 0 Å². The highest BCUT2D eigenvalue weighted by Crippen LogP contribution is 2.61. The first-order valence-corrected chi connectivity index (χ1v) is 11.0. The molecular weight excluding hydrogens is 372 g/mol. The number of rotatable bonds is 7. The molecule has 8 heteroatoms. The molecule has 0 spiro atoms. The van der Waals surface area contributed by atoms with Gasteiger partial charge in [-0.25, -0.2) is 9.34 Å². The molecule has 3 heterocycles. The minimum absolute atomic E-state index is 0.308. The molecule has 0 atom stereocenters. The number of pyridine rings is 1. The molecule has 0 N–H and O–H groups in total. The van der Waals surface area contributed by atoms with E-state index in [2.05, 4.69) is 4.98 Å². The molecular formula is C20H21BN3O3P. The quantitative estimate of drug-likeness (QED) is 0.350. The molecule has 5 rings (SSSR count). The van der Waals surface area contributed by atoms with E-state index in [1.54, 1.807) is 6.20 Å². The Labute approximate surface area is 165 Å². The van der Waals surface area contributed by atoms with Gasteiger partial charge in [-0.3, -0.25) is 9.55 Å². The number of hydrogen-bond donors (Lipinski definition) is 0. The third-order valence-corrected chi connectivity index (χ3v) is 7.71. The minimum atomic E-state index is -2.81. The van der Waals surface area contributed by atoms with E-state index in [0.29, 0.717) is 6.61 Å². The first-order valence-electron chi connectivity index (χ1n) is 9.49.